The molecule has 0 aliphatic heterocycles. The summed E-state index contributed by atoms with van der Waals surface area (Å²) < 4.78 is 1.91. The summed E-state index contributed by atoms with van der Waals surface area (Å²) in [5, 5.41) is 14.9. The van der Waals surface area contributed by atoms with Gasteiger partial charge < -0.3 is 20.3 Å². The highest BCUT2D eigenvalue weighted by Crippen LogP contribution is 2.13. The Balaban J connectivity index is 1.97. The van der Waals surface area contributed by atoms with Crippen molar-refractivity contribution in [1.82, 2.24) is 20.2 Å². The van der Waals surface area contributed by atoms with Gasteiger partial charge in [0.2, 0.25) is 0 Å². The van der Waals surface area contributed by atoms with Gasteiger partial charge >= 0.3 is 6.03 Å². The number of nitrogens with one attached hydrogen (secondary N) is 2. The van der Waals surface area contributed by atoms with Crippen molar-refractivity contribution in [1.29, 1.82) is 0 Å². The van der Waals surface area contributed by atoms with Crippen LogP contribution in [0.1, 0.15) is 25.8 Å². The first-order chi connectivity index (χ1) is 11.1. The van der Waals surface area contributed by atoms with Crippen molar-refractivity contribution in [2.45, 2.75) is 32.9 Å². The Morgan fingerprint density at radius 1 is 1.35 bits per heavy atom. The maximum atomic E-state index is 12.1. The number of aromatic nitrogens is 2. The van der Waals surface area contributed by atoms with E-state index in [0.717, 1.165) is 11.3 Å². The van der Waals surface area contributed by atoms with Crippen LogP contribution in [0.5, 0.6) is 0 Å². The first-order valence-corrected chi connectivity index (χ1v) is 7.83. The number of imidazole rings is 1. The van der Waals surface area contributed by atoms with Gasteiger partial charge in [-0.05, 0) is 24.0 Å². The topological polar surface area (TPSA) is 79.2 Å². The summed E-state index contributed by atoms with van der Waals surface area (Å²) in [4.78, 5) is 16.1. The number of aliphatic hydroxyl groups excluding tert-OH is 1. The lowest BCUT2D eigenvalue weighted by Crippen LogP contribution is -2.44. The van der Waals surface area contributed by atoms with Crippen LogP contribution in [0.4, 0.5) is 4.79 Å². The van der Waals surface area contributed by atoms with Crippen molar-refractivity contribution in [2.24, 2.45) is 5.92 Å². The van der Waals surface area contributed by atoms with Crippen LogP contribution >= 0.6 is 0 Å². The SMILES string of the molecule is CC(C)C(CCO)NC(=O)NCc1ccccc1-n1ccnc1. The molecule has 0 saturated heterocycles. The number of amides is 2. The van der Waals surface area contributed by atoms with E-state index in [2.05, 4.69) is 15.6 Å². The number of hydrogen-bond acceptors (Lipinski definition) is 3. The molecule has 2 rings (SSSR count). The van der Waals surface area contributed by atoms with Gasteiger partial charge in [0, 0.05) is 31.6 Å². The molecule has 1 unspecified atom stereocenters. The Morgan fingerprint density at radius 2 is 2.13 bits per heavy atom. The Bertz CT molecular complexity index is 611. The van der Waals surface area contributed by atoms with Gasteiger partial charge in [-0.3, -0.25) is 0 Å². The van der Waals surface area contributed by atoms with Gasteiger partial charge in [-0.1, -0.05) is 32.0 Å². The molecule has 0 spiro atoms. The van der Waals surface area contributed by atoms with E-state index in [-0.39, 0.29) is 24.6 Å². The van der Waals surface area contributed by atoms with E-state index < -0.39 is 0 Å². The molecule has 2 aromatic rings. The molecule has 0 aliphatic rings. The van der Waals surface area contributed by atoms with Gasteiger partial charge in [0.1, 0.15) is 0 Å². The molecule has 0 aliphatic carbocycles. The number of para-hydroxylation sites is 1. The smallest absolute Gasteiger partial charge is 0.315 e. The van der Waals surface area contributed by atoms with E-state index in [1.54, 1.807) is 12.5 Å². The first kappa shape index (κ1) is 17.0. The molecule has 124 valence electrons. The summed E-state index contributed by atoms with van der Waals surface area (Å²) in [6.07, 6.45) is 5.87. The third-order valence-corrected chi connectivity index (χ3v) is 3.77. The molecule has 6 heteroatoms. The maximum Gasteiger partial charge on any atom is 0.315 e. The highest BCUT2D eigenvalue weighted by atomic mass is 16.3. The fraction of sp³-hybridized carbons (Fsp3) is 0.412. The number of benzene rings is 1. The summed E-state index contributed by atoms with van der Waals surface area (Å²) in [5.74, 6) is 0.270. The van der Waals surface area contributed by atoms with Crippen LogP contribution in [-0.4, -0.2) is 33.3 Å². The second-order valence-corrected chi connectivity index (χ2v) is 5.79. The number of rotatable bonds is 7. The number of nitrogens with zero attached hydrogens (tertiary/aromatic N) is 2. The molecule has 6 nitrogen and oxygen atoms in total. The van der Waals surface area contributed by atoms with Crippen LogP contribution in [0.3, 0.4) is 0 Å². The van der Waals surface area contributed by atoms with Crippen molar-refractivity contribution < 1.29 is 9.90 Å². The van der Waals surface area contributed by atoms with Crippen LogP contribution in [0.25, 0.3) is 5.69 Å². The van der Waals surface area contributed by atoms with Gasteiger partial charge in [0.25, 0.3) is 0 Å². The standard InChI is InChI=1S/C17H24N4O2/c1-13(2)15(7-10-22)20-17(23)19-11-14-5-3-4-6-16(14)21-9-8-18-12-21/h3-6,8-9,12-13,15,22H,7,10-11H2,1-2H3,(H2,19,20,23). The predicted molar refractivity (Wildman–Crippen MR) is 89.3 cm³/mol. The van der Waals surface area contributed by atoms with Crippen molar-refractivity contribution >= 4 is 6.03 Å². The van der Waals surface area contributed by atoms with Crippen molar-refractivity contribution in [2.75, 3.05) is 6.61 Å². The van der Waals surface area contributed by atoms with Crippen molar-refractivity contribution in [3.8, 4) is 5.69 Å². The molecule has 23 heavy (non-hydrogen) atoms. The van der Waals surface area contributed by atoms with Crippen LogP contribution < -0.4 is 10.6 Å². The Morgan fingerprint density at radius 3 is 2.78 bits per heavy atom. The van der Waals surface area contributed by atoms with Crippen LogP contribution in [0.2, 0.25) is 0 Å². The fourth-order valence-electron chi connectivity index (χ4n) is 2.42. The molecule has 0 radical (unpaired) electrons. The minimum atomic E-state index is -0.224. The summed E-state index contributed by atoms with van der Waals surface area (Å²) in [6.45, 7) is 4.53. The molecular formula is C17H24N4O2. The third-order valence-electron chi connectivity index (χ3n) is 3.77. The molecular weight excluding hydrogens is 292 g/mol. The van der Waals surface area contributed by atoms with Gasteiger partial charge in [-0.2, -0.15) is 0 Å². The van der Waals surface area contributed by atoms with Crippen LogP contribution in [0.15, 0.2) is 43.0 Å². The lowest BCUT2D eigenvalue weighted by Gasteiger charge is -2.22. The van der Waals surface area contributed by atoms with Gasteiger partial charge in [0.05, 0.1) is 12.0 Å². The summed E-state index contributed by atoms with van der Waals surface area (Å²) in [7, 11) is 0. The predicted octanol–water partition coefficient (Wildman–Crippen LogP) is 2.08. The third kappa shape index (κ3) is 4.82. The summed E-state index contributed by atoms with van der Waals surface area (Å²) in [5.41, 5.74) is 1.99. The zero-order valence-corrected chi connectivity index (χ0v) is 13.6. The average Bonchev–Trinajstić information content (AvgIpc) is 3.07. The van der Waals surface area contributed by atoms with Crippen LogP contribution in [-0.2, 0) is 6.54 Å². The maximum absolute atomic E-state index is 12.1. The van der Waals surface area contributed by atoms with Crippen molar-refractivity contribution in [3.05, 3.63) is 48.5 Å². The quantitative estimate of drug-likeness (QED) is 0.732. The zero-order valence-electron chi connectivity index (χ0n) is 13.6. The Labute approximate surface area is 136 Å². The molecule has 0 fully saturated rings. The lowest BCUT2D eigenvalue weighted by atomic mass is 10.0. The molecule has 3 N–H and O–H groups in total. The van der Waals surface area contributed by atoms with Gasteiger partial charge in [-0.25, -0.2) is 9.78 Å². The molecule has 2 amide bonds. The van der Waals surface area contributed by atoms with E-state index in [0.29, 0.717) is 13.0 Å². The number of aliphatic hydroxyl groups is 1. The molecule has 0 saturated carbocycles. The van der Waals surface area contributed by atoms with Gasteiger partial charge in [-0.15, -0.1) is 0 Å². The minimum Gasteiger partial charge on any atom is -0.396 e. The van der Waals surface area contributed by atoms with E-state index in [9.17, 15) is 4.79 Å². The molecule has 1 aromatic heterocycles. The Hall–Kier alpha value is -2.34. The highest BCUT2D eigenvalue weighted by molar-refractivity contribution is 5.74. The van der Waals surface area contributed by atoms with Crippen molar-refractivity contribution in [3.63, 3.8) is 0 Å². The number of urea groups is 1. The zero-order chi connectivity index (χ0) is 16.7. The second kappa shape index (κ2) is 8.33. The number of carbonyl (C=O) groups excluding carboxylic acids is 1. The average molecular weight is 316 g/mol. The largest absolute Gasteiger partial charge is 0.396 e. The monoisotopic (exact) mass is 316 g/mol. The second-order valence-electron chi connectivity index (χ2n) is 5.79. The molecule has 1 aromatic carbocycles. The lowest BCUT2D eigenvalue weighted by molar-refractivity contribution is 0.218. The molecule has 0 bridgehead atoms. The summed E-state index contributed by atoms with van der Waals surface area (Å²) >= 11 is 0. The van der Waals surface area contributed by atoms with E-state index in [1.165, 1.54) is 0 Å². The van der Waals surface area contributed by atoms with E-state index in [4.69, 9.17) is 5.11 Å². The first-order valence-electron chi connectivity index (χ1n) is 7.83. The van der Waals surface area contributed by atoms with E-state index in [1.807, 2.05) is 48.9 Å². The molecule has 1 heterocycles. The summed E-state index contributed by atoms with van der Waals surface area (Å²) in [6, 6.07) is 7.59. The van der Waals surface area contributed by atoms with E-state index >= 15 is 0 Å². The molecule has 1 atom stereocenters. The normalized spacial score (nSPS) is 12.2. The fourth-order valence-corrected chi connectivity index (χ4v) is 2.42. The number of carbonyl (C=O) groups is 1. The van der Waals surface area contributed by atoms with Gasteiger partial charge in [0.15, 0.2) is 0 Å². The highest BCUT2D eigenvalue weighted by Gasteiger charge is 2.15. The Kier molecular flexibility index (Phi) is 6.17. The van der Waals surface area contributed by atoms with Crippen LogP contribution in [0, 0.1) is 5.92 Å². The minimum absolute atomic E-state index is 0.0381. The number of hydrogen-bond donors (Lipinski definition) is 3.